The zero-order valence-corrected chi connectivity index (χ0v) is 17.9. The summed E-state index contributed by atoms with van der Waals surface area (Å²) in [6.07, 6.45) is 2.97. The minimum atomic E-state index is -3.84. The van der Waals surface area contributed by atoms with Crippen LogP contribution in [0.15, 0.2) is 64.1 Å². The molecule has 1 aliphatic heterocycles. The summed E-state index contributed by atoms with van der Waals surface area (Å²) in [6, 6.07) is 12.8. The molecule has 2 heterocycles. The first-order valence-corrected chi connectivity index (χ1v) is 11.1. The molecule has 0 aliphatic carbocycles. The highest BCUT2D eigenvalue weighted by atomic mass is 32.2. The normalized spacial score (nSPS) is 13.4. The second-order valence-corrected chi connectivity index (χ2v) is 8.69. The van der Waals surface area contributed by atoms with Gasteiger partial charge in [-0.15, -0.1) is 0 Å². The van der Waals surface area contributed by atoms with Gasteiger partial charge in [-0.25, -0.2) is 8.42 Å². The third-order valence-corrected chi connectivity index (χ3v) is 6.47. The second-order valence-electron chi connectivity index (χ2n) is 7.00. The van der Waals surface area contributed by atoms with Gasteiger partial charge in [0.2, 0.25) is 0 Å². The van der Waals surface area contributed by atoms with Gasteiger partial charge in [0.05, 0.1) is 25.4 Å². The Hall–Kier alpha value is -3.46. The minimum Gasteiger partial charge on any atom is -0.493 e. The lowest BCUT2D eigenvalue weighted by molar-refractivity contribution is 0.0958. The number of nitrogens with zero attached hydrogens (tertiary/aromatic N) is 1. The van der Waals surface area contributed by atoms with Gasteiger partial charge in [0.15, 0.2) is 17.3 Å². The van der Waals surface area contributed by atoms with Crippen molar-refractivity contribution in [3.63, 3.8) is 0 Å². The highest BCUT2D eigenvalue weighted by Crippen LogP contribution is 2.33. The molecule has 2 aromatic carbocycles. The first kappa shape index (κ1) is 20.8. The third kappa shape index (κ3) is 4.09. The molecule has 0 saturated carbocycles. The number of amides is 1. The molecule has 1 N–H and O–H groups in total. The number of aryl methyl sites for hydroxylation is 1. The maximum Gasteiger partial charge on any atom is 0.293 e. The van der Waals surface area contributed by atoms with Gasteiger partial charge < -0.3 is 18.8 Å². The van der Waals surface area contributed by atoms with E-state index in [1.807, 2.05) is 0 Å². The molecule has 0 saturated heterocycles. The van der Waals surface area contributed by atoms with E-state index in [-0.39, 0.29) is 16.6 Å². The summed E-state index contributed by atoms with van der Waals surface area (Å²) < 4.78 is 44.0. The number of ether oxygens (including phenoxy) is 2. The Balaban J connectivity index is 1.60. The van der Waals surface area contributed by atoms with Crippen molar-refractivity contribution in [1.82, 2.24) is 0 Å². The number of benzene rings is 2. The number of hydrogen-bond donors (Lipinski definition) is 1. The Bertz CT molecular complexity index is 1200. The van der Waals surface area contributed by atoms with Gasteiger partial charge in [0.1, 0.15) is 0 Å². The lowest BCUT2D eigenvalue weighted by atomic mass is 10.0. The summed E-state index contributed by atoms with van der Waals surface area (Å²) in [5.41, 5.74) is 2.06. The molecule has 1 amide bonds. The first-order chi connectivity index (χ1) is 14.9. The van der Waals surface area contributed by atoms with Crippen molar-refractivity contribution in [3.8, 4) is 11.5 Å². The Morgan fingerprint density at radius 3 is 2.58 bits per heavy atom. The van der Waals surface area contributed by atoms with Crippen molar-refractivity contribution in [2.45, 2.75) is 17.7 Å². The second kappa shape index (κ2) is 8.35. The number of nitrogens with one attached hydrogen (secondary N) is 1. The highest BCUT2D eigenvalue weighted by Gasteiger charge is 2.26. The number of carbonyl (C=O) groups excluding carboxylic acids is 1. The summed E-state index contributed by atoms with van der Waals surface area (Å²) >= 11 is 0. The maximum atomic E-state index is 12.9. The van der Waals surface area contributed by atoms with Crippen molar-refractivity contribution in [1.29, 1.82) is 0 Å². The largest absolute Gasteiger partial charge is 0.493 e. The van der Waals surface area contributed by atoms with E-state index in [1.165, 1.54) is 32.6 Å². The van der Waals surface area contributed by atoms with Crippen LogP contribution in [0.3, 0.4) is 0 Å². The first-order valence-electron chi connectivity index (χ1n) is 9.66. The minimum absolute atomic E-state index is 0.0532. The quantitative estimate of drug-likeness (QED) is 0.625. The Morgan fingerprint density at radius 1 is 1.06 bits per heavy atom. The number of anilines is 2. The van der Waals surface area contributed by atoms with E-state index in [9.17, 15) is 13.2 Å². The van der Waals surface area contributed by atoms with Crippen LogP contribution in [0.4, 0.5) is 11.4 Å². The molecule has 0 fully saturated rings. The van der Waals surface area contributed by atoms with E-state index in [0.29, 0.717) is 23.7 Å². The fourth-order valence-electron chi connectivity index (χ4n) is 3.60. The molecule has 0 radical (unpaired) electrons. The van der Waals surface area contributed by atoms with Crippen LogP contribution in [0, 0.1) is 0 Å². The molecule has 0 atom stereocenters. The topological polar surface area (TPSA) is 98.1 Å². The van der Waals surface area contributed by atoms with Gasteiger partial charge in [-0.2, -0.15) is 0 Å². The van der Waals surface area contributed by atoms with Crippen LogP contribution < -0.4 is 19.1 Å². The molecular formula is C22H22N2O6S. The van der Waals surface area contributed by atoms with Gasteiger partial charge in [-0.05, 0) is 60.9 Å². The van der Waals surface area contributed by atoms with E-state index in [2.05, 4.69) is 4.72 Å². The fraction of sp³-hybridized carbons (Fsp3) is 0.227. The Kier molecular flexibility index (Phi) is 5.60. The lowest BCUT2D eigenvalue weighted by Gasteiger charge is -2.29. The molecule has 8 nitrogen and oxygen atoms in total. The lowest BCUT2D eigenvalue weighted by Crippen LogP contribution is -2.35. The average Bonchev–Trinajstić information content (AvgIpc) is 3.32. The van der Waals surface area contributed by atoms with Crippen LogP contribution in [0.2, 0.25) is 0 Å². The highest BCUT2D eigenvalue weighted by molar-refractivity contribution is 7.92. The third-order valence-electron chi connectivity index (χ3n) is 5.09. The predicted octanol–water partition coefficient (Wildman–Crippen LogP) is 3.69. The van der Waals surface area contributed by atoms with Crippen molar-refractivity contribution in [2.24, 2.45) is 0 Å². The number of carbonyl (C=O) groups is 1. The standard InChI is InChI=1S/C22H22N2O6S/c1-28-19-10-8-17(14-21(19)29-2)31(26,27)23-16-7-9-18-15(13-16)5-3-11-24(18)22(25)20-6-4-12-30-20/h4,6-10,12-14,23H,3,5,11H2,1-2H3. The number of fused-ring (bicyclic) bond motifs is 1. The average molecular weight is 442 g/mol. The van der Waals surface area contributed by atoms with Crippen LogP contribution in [-0.2, 0) is 16.4 Å². The predicted molar refractivity (Wildman–Crippen MR) is 116 cm³/mol. The smallest absolute Gasteiger partial charge is 0.293 e. The van der Waals surface area contributed by atoms with E-state index >= 15 is 0 Å². The Labute approximate surface area is 180 Å². The summed E-state index contributed by atoms with van der Waals surface area (Å²) in [4.78, 5) is 14.4. The number of furan rings is 1. The molecule has 162 valence electrons. The molecule has 1 aliphatic rings. The number of hydrogen-bond acceptors (Lipinski definition) is 6. The molecule has 1 aromatic heterocycles. The zero-order chi connectivity index (χ0) is 22.0. The Morgan fingerprint density at radius 2 is 1.87 bits per heavy atom. The summed E-state index contributed by atoms with van der Waals surface area (Å²) in [5, 5.41) is 0. The summed E-state index contributed by atoms with van der Waals surface area (Å²) in [7, 11) is -0.915. The van der Waals surface area contributed by atoms with E-state index in [1.54, 1.807) is 41.3 Å². The van der Waals surface area contributed by atoms with Gasteiger partial charge in [0, 0.05) is 24.0 Å². The molecule has 0 unspecified atom stereocenters. The van der Waals surface area contributed by atoms with Gasteiger partial charge >= 0.3 is 0 Å². The number of rotatable bonds is 6. The molecule has 31 heavy (non-hydrogen) atoms. The molecule has 9 heteroatoms. The van der Waals surface area contributed by atoms with Crippen LogP contribution in [0.5, 0.6) is 11.5 Å². The van der Waals surface area contributed by atoms with E-state index < -0.39 is 10.0 Å². The number of methoxy groups -OCH3 is 2. The van der Waals surface area contributed by atoms with Crippen molar-refractivity contribution in [2.75, 3.05) is 30.4 Å². The molecule has 4 rings (SSSR count). The van der Waals surface area contributed by atoms with Gasteiger partial charge in [-0.1, -0.05) is 0 Å². The van der Waals surface area contributed by atoms with E-state index in [4.69, 9.17) is 13.9 Å². The van der Waals surface area contributed by atoms with Crippen LogP contribution in [0.25, 0.3) is 0 Å². The molecule has 3 aromatic rings. The SMILES string of the molecule is COc1ccc(S(=O)(=O)Nc2ccc3c(c2)CCCN3C(=O)c2ccco2)cc1OC. The van der Waals surface area contributed by atoms with Crippen molar-refractivity contribution in [3.05, 3.63) is 66.1 Å². The van der Waals surface area contributed by atoms with E-state index in [0.717, 1.165) is 24.1 Å². The summed E-state index contributed by atoms with van der Waals surface area (Å²) in [6.45, 7) is 0.573. The fourth-order valence-corrected chi connectivity index (χ4v) is 4.67. The van der Waals surface area contributed by atoms with Crippen LogP contribution in [-0.4, -0.2) is 35.1 Å². The maximum absolute atomic E-state index is 12.9. The van der Waals surface area contributed by atoms with Crippen molar-refractivity contribution < 1.29 is 27.1 Å². The zero-order valence-electron chi connectivity index (χ0n) is 17.1. The molecular weight excluding hydrogens is 420 g/mol. The number of sulfonamides is 1. The molecule has 0 spiro atoms. The monoisotopic (exact) mass is 442 g/mol. The van der Waals surface area contributed by atoms with Crippen molar-refractivity contribution >= 4 is 27.3 Å². The van der Waals surface area contributed by atoms with Crippen LogP contribution >= 0.6 is 0 Å². The van der Waals surface area contributed by atoms with Gasteiger partial charge in [-0.3, -0.25) is 9.52 Å². The van der Waals surface area contributed by atoms with Crippen LogP contribution in [0.1, 0.15) is 22.5 Å². The molecule has 0 bridgehead atoms. The van der Waals surface area contributed by atoms with Gasteiger partial charge in [0.25, 0.3) is 15.9 Å². The summed E-state index contributed by atoms with van der Waals surface area (Å²) in [5.74, 6) is 0.815.